The van der Waals surface area contributed by atoms with E-state index in [2.05, 4.69) is 25.3 Å². The maximum atomic E-state index is 6.40. The molecule has 1 heterocycles. The number of rotatable bonds is 11. The fourth-order valence-electron chi connectivity index (χ4n) is 4.25. The predicted octanol–water partition coefficient (Wildman–Crippen LogP) is 4.39. The van der Waals surface area contributed by atoms with Crippen molar-refractivity contribution in [2.45, 2.75) is 77.1 Å². The molecule has 0 amide bonds. The van der Waals surface area contributed by atoms with Crippen molar-refractivity contribution in [3.05, 3.63) is 12.2 Å². The van der Waals surface area contributed by atoms with Gasteiger partial charge in [0.05, 0.1) is 12.7 Å². The van der Waals surface area contributed by atoms with Gasteiger partial charge in [-0.2, -0.15) is 0 Å². The average molecular weight is 354 g/mol. The van der Waals surface area contributed by atoms with Gasteiger partial charge in [-0.1, -0.05) is 31.9 Å². The van der Waals surface area contributed by atoms with Crippen molar-refractivity contribution in [3.63, 3.8) is 0 Å². The van der Waals surface area contributed by atoms with Gasteiger partial charge in [-0.05, 0) is 38.5 Å². The van der Waals surface area contributed by atoms with Crippen molar-refractivity contribution in [2.24, 2.45) is 5.92 Å². The Bertz CT molecular complexity index is 391. The van der Waals surface area contributed by atoms with E-state index in [0.717, 1.165) is 64.4 Å². The van der Waals surface area contributed by atoms with E-state index in [9.17, 15) is 0 Å². The van der Waals surface area contributed by atoms with Crippen LogP contribution < -0.4 is 0 Å². The normalized spacial score (nSPS) is 29.6. The molecule has 1 aliphatic heterocycles. The van der Waals surface area contributed by atoms with Gasteiger partial charge >= 0.3 is 0 Å². The Kier molecular flexibility index (Phi) is 8.91. The van der Waals surface area contributed by atoms with Crippen molar-refractivity contribution >= 4 is 0 Å². The van der Waals surface area contributed by atoms with Crippen molar-refractivity contribution in [3.8, 4) is 0 Å². The molecule has 4 heteroatoms. The Labute approximate surface area is 154 Å². The summed E-state index contributed by atoms with van der Waals surface area (Å²) in [5, 5.41) is 0. The molecule has 1 spiro atoms. The number of hydrogen-bond donors (Lipinski definition) is 0. The van der Waals surface area contributed by atoms with Crippen LogP contribution in [-0.2, 0) is 14.2 Å². The van der Waals surface area contributed by atoms with E-state index in [0.29, 0.717) is 0 Å². The monoisotopic (exact) mass is 353 g/mol. The second kappa shape index (κ2) is 10.7. The Hall–Kier alpha value is -0.420. The molecular formula is C21H39NO3. The van der Waals surface area contributed by atoms with Crippen LogP contribution in [-0.4, -0.2) is 56.7 Å². The number of ether oxygens (including phenoxy) is 3. The maximum Gasteiger partial charge on any atom is 0.168 e. The summed E-state index contributed by atoms with van der Waals surface area (Å²) in [6.45, 7) is 13.1. The van der Waals surface area contributed by atoms with E-state index in [4.69, 9.17) is 14.2 Å². The lowest BCUT2D eigenvalue weighted by atomic mass is 9.83. The Morgan fingerprint density at radius 2 is 2.00 bits per heavy atom. The Balaban J connectivity index is 1.72. The van der Waals surface area contributed by atoms with Gasteiger partial charge in [-0.25, -0.2) is 0 Å². The van der Waals surface area contributed by atoms with Crippen molar-refractivity contribution in [1.29, 1.82) is 0 Å². The van der Waals surface area contributed by atoms with Gasteiger partial charge in [0.25, 0.3) is 0 Å². The minimum atomic E-state index is -0.260. The molecule has 4 nitrogen and oxygen atoms in total. The molecule has 0 bridgehead atoms. The van der Waals surface area contributed by atoms with Crippen LogP contribution in [0.15, 0.2) is 12.2 Å². The first kappa shape index (κ1) is 20.9. The zero-order chi connectivity index (χ0) is 18.1. The van der Waals surface area contributed by atoms with Gasteiger partial charge in [-0.15, -0.1) is 0 Å². The van der Waals surface area contributed by atoms with E-state index in [1.807, 2.05) is 0 Å². The Morgan fingerprint density at radius 1 is 1.24 bits per heavy atom. The molecule has 1 saturated heterocycles. The number of nitrogens with zero attached hydrogens (tertiary/aromatic N) is 1. The van der Waals surface area contributed by atoms with Gasteiger partial charge in [0.1, 0.15) is 0 Å². The highest BCUT2D eigenvalue weighted by Gasteiger charge is 2.43. The number of methoxy groups -OCH3 is 1. The molecule has 1 aliphatic carbocycles. The predicted molar refractivity (Wildman–Crippen MR) is 103 cm³/mol. The SMILES string of the molecule is C=C(C)CN(CCCOC)CCC1COC2(CCC(CCC)CC2)O1. The van der Waals surface area contributed by atoms with Gasteiger partial charge in [0.2, 0.25) is 0 Å². The third kappa shape index (κ3) is 7.01. The highest BCUT2D eigenvalue weighted by molar-refractivity contribution is 4.92. The molecule has 0 radical (unpaired) electrons. The minimum absolute atomic E-state index is 0.248. The smallest absolute Gasteiger partial charge is 0.168 e. The molecule has 2 aliphatic rings. The molecule has 25 heavy (non-hydrogen) atoms. The van der Waals surface area contributed by atoms with Crippen molar-refractivity contribution < 1.29 is 14.2 Å². The first-order valence-electron chi connectivity index (χ1n) is 10.2. The van der Waals surface area contributed by atoms with E-state index in [1.54, 1.807) is 7.11 Å². The van der Waals surface area contributed by atoms with Gasteiger partial charge in [-0.3, -0.25) is 4.90 Å². The minimum Gasteiger partial charge on any atom is -0.385 e. The van der Waals surface area contributed by atoms with Crippen LogP contribution in [0.5, 0.6) is 0 Å². The molecule has 1 atom stereocenters. The summed E-state index contributed by atoms with van der Waals surface area (Å²) in [4.78, 5) is 2.47. The van der Waals surface area contributed by atoms with E-state index >= 15 is 0 Å². The standard InChI is InChI=1S/C21H39NO3/c1-5-7-19-8-11-21(12-9-19)24-17-20(25-21)10-14-22(16-18(2)3)13-6-15-23-4/h19-20H,2,5-17H2,1,3-4H3. The summed E-state index contributed by atoms with van der Waals surface area (Å²) in [6.07, 6.45) is 9.70. The van der Waals surface area contributed by atoms with Crippen LogP contribution in [0.4, 0.5) is 0 Å². The first-order chi connectivity index (χ1) is 12.1. The zero-order valence-corrected chi connectivity index (χ0v) is 16.7. The molecule has 1 unspecified atom stereocenters. The largest absolute Gasteiger partial charge is 0.385 e. The summed E-state index contributed by atoms with van der Waals surface area (Å²) in [5.74, 6) is 0.623. The molecular weight excluding hydrogens is 314 g/mol. The molecule has 0 aromatic heterocycles. The molecule has 0 N–H and O–H groups in total. The molecule has 146 valence electrons. The summed E-state index contributed by atoms with van der Waals surface area (Å²) in [5.41, 5.74) is 1.21. The summed E-state index contributed by atoms with van der Waals surface area (Å²) in [6, 6.07) is 0. The fourth-order valence-corrected chi connectivity index (χ4v) is 4.25. The number of hydrogen-bond acceptors (Lipinski definition) is 4. The quantitative estimate of drug-likeness (QED) is 0.407. The van der Waals surface area contributed by atoms with Crippen LogP contribution in [0.1, 0.15) is 65.2 Å². The van der Waals surface area contributed by atoms with Crippen LogP contribution in [0.2, 0.25) is 0 Å². The van der Waals surface area contributed by atoms with Crippen molar-refractivity contribution in [2.75, 3.05) is 40.0 Å². The zero-order valence-electron chi connectivity index (χ0n) is 16.7. The maximum absolute atomic E-state index is 6.40. The van der Waals surface area contributed by atoms with Crippen LogP contribution in [0, 0.1) is 5.92 Å². The lowest BCUT2D eigenvalue weighted by molar-refractivity contribution is -0.193. The Morgan fingerprint density at radius 3 is 2.64 bits per heavy atom. The molecule has 1 saturated carbocycles. The van der Waals surface area contributed by atoms with E-state index in [-0.39, 0.29) is 11.9 Å². The molecule has 2 rings (SSSR count). The van der Waals surface area contributed by atoms with Gasteiger partial charge in [0, 0.05) is 46.2 Å². The fraction of sp³-hybridized carbons (Fsp3) is 0.905. The molecule has 2 fully saturated rings. The highest BCUT2D eigenvalue weighted by atomic mass is 16.7. The first-order valence-corrected chi connectivity index (χ1v) is 10.2. The lowest BCUT2D eigenvalue weighted by Gasteiger charge is -2.36. The van der Waals surface area contributed by atoms with E-state index in [1.165, 1.54) is 31.3 Å². The molecule has 0 aromatic carbocycles. The third-order valence-corrected chi connectivity index (χ3v) is 5.56. The van der Waals surface area contributed by atoms with Crippen LogP contribution >= 0.6 is 0 Å². The van der Waals surface area contributed by atoms with Gasteiger partial charge < -0.3 is 14.2 Å². The topological polar surface area (TPSA) is 30.9 Å². The third-order valence-electron chi connectivity index (χ3n) is 5.56. The summed E-state index contributed by atoms with van der Waals surface area (Å²) in [7, 11) is 1.77. The van der Waals surface area contributed by atoms with Crippen molar-refractivity contribution in [1.82, 2.24) is 4.90 Å². The van der Waals surface area contributed by atoms with Crippen LogP contribution in [0.3, 0.4) is 0 Å². The van der Waals surface area contributed by atoms with E-state index < -0.39 is 0 Å². The highest BCUT2D eigenvalue weighted by Crippen LogP contribution is 2.41. The average Bonchev–Trinajstić information content (AvgIpc) is 2.98. The van der Waals surface area contributed by atoms with Crippen LogP contribution in [0.25, 0.3) is 0 Å². The summed E-state index contributed by atoms with van der Waals surface area (Å²) < 4.78 is 17.7. The lowest BCUT2D eigenvalue weighted by Crippen LogP contribution is -2.36. The van der Waals surface area contributed by atoms with Gasteiger partial charge in [0.15, 0.2) is 5.79 Å². The second-order valence-electron chi connectivity index (χ2n) is 8.06. The second-order valence-corrected chi connectivity index (χ2v) is 8.06. The molecule has 0 aromatic rings. The summed E-state index contributed by atoms with van der Waals surface area (Å²) >= 11 is 0.